The fourth-order valence-electron chi connectivity index (χ4n) is 2.01. The molecular weight excluding hydrogens is 272 g/mol. The van der Waals surface area contributed by atoms with Gasteiger partial charge in [-0.15, -0.1) is 11.3 Å². The van der Waals surface area contributed by atoms with Gasteiger partial charge in [-0.05, 0) is 12.3 Å². The maximum atomic E-state index is 11.1. The molecule has 114 valence electrons. The van der Waals surface area contributed by atoms with Gasteiger partial charge in [-0.1, -0.05) is 33.1 Å². The van der Waals surface area contributed by atoms with E-state index >= 15 is 0 Å². The molecule has 0 radical (unpaired) electrons. The highest BCUT2D eigenvalue weighted by atomic mass is 32.1. The summed E-state index contributed by atoms with van der Waals surface area (Å²) < 4.78 is 4.63. The van der Waals surface area contributed by atoms with E-state index < -0.39 is 0 Å². The molecule has 20 heavy (non-hydrogen) atoms. The molecule has 0 fully saturated rings. The van der Waals surface area contributed by atoms with E-state index in [1.54, 1.807) is 11.3 Å². The monoisotopic (exact) mass is 298 g/mol. The minimum absolute atomic E-state index is 0.182. The van der Waals surface area contributed by atoms with Gasteiger partial charge in [0.05, 0.1) is 19.2 Å². The molecule has 0 aliphatic heterocycles. The van der Waals surface area contributed by atoms with Crippen molar-refractivity contribution in [3.05, 3.63) is 11.1 Å². The van der Waals surface area contributed by atoms with Gasteiger partial charge in [-0.3, -0.25) is 4.79 Å². The Morgan fingerprint density at radius 2 is 2.30 bits per heavy atom. The van der Waals surface area contributed by atoms with Crippen LogP contribution in [-0.4, -0.2) is 24.6 Å². The fourth-order valence-corrected chi connectivity index (χ4v) is 2.77. The van der Waals surface area contributed by atoms with E-state index in [0.717, 1.165) is 23.3 Å². The molecule has 1 unspecified atom stereocenters. The van der Waals surface area contributed by atoms with E-state index in [1.807, 2.05) is 5.38 Å². The van der Waals surface area contributed by atoms with E-state index in [4.69, 9.17) is 0 Å². The highest BCUT2D eigenvalue weighted by molar-refractivity contribution is 7.13. The minimum Gasteiger partial charge on any atom is -0.469 e. The lowest BCUT2D eigenvalue weighted by Crippen LogP contribution is -2.13. The van der Waals surface area contributed by atoms with Crippen LogP contribution in [0.1, 0.15) is 51.6 Å². The van der Waals surface area contributed by atoms with E-state index in [9.17, 15) is 4.79 Å². The average molecular weight is 298 g/mol. The van der Waals surface area contributed by atoms with Gasteiger partial charge in [0.2, 0.25) is 0 Å². The average Bonchev–Trinajstić information content (AvgIpc) is 2.93. The molecule has 0 bridgehead atoms. The van der Waals surface area contributed by atoms with Gasteiger partial charge in [0.25, 0.3) is 0 Å². The molecule has 1 atom stereocenters. The topological polar surface area (TPSA) is 51.2 Å². The van der Waals surface area contributed by atoms with Crippen molar-refractivity contribution in [1.82, 2.24) is 4.98 Å². The Kier molecular flexibility index (Phi) is 8.26. The summed E-state index contributed by atoms with van der Waals surface area (Å²) in [6, 6.07) is 0. The first-order chi connectivity index (χ1) is 9.69. The number of methoxy groups -OCH3 is 1. The maximum absolute atomic E-state index is 11.1. The number of anilines is 1. The van der Waals surface area contributed by atoms with Crippen LogP contribution in [0.5, 0.6) is 0 Å². The number of nitrogens with zero attached hydrogens (tertiary/aromatic N) is 1. The molecule has 1 N–H and O–H groups in total. The van der Waals surface area contributed by atoms with Crippen molar-refractivity contribution in [1.29, 1.82) is 0 Å². The third-order valence-electron chi connectivity index (χ3n) is 3.45. The second kappa shape index (κ2) is 9.75. The van der Waals surface area contributed by atoms with Gasteiger partial charge in [0, 0.05) is 18.3 Å². The number of aromatic nitrogens is 1. The van der Waals surface area contributed by atoms with Gasteiger partial charge in [-0.25, -0.2) is 4.98 Å². The first-order valence-corrected chi connectivity index (χ1v) is 8.32. The third-order valence-corrected chi connectivity index (χ3v) is 4.30. The standard InChI is InChI=1S/C15H26N2O2S/c1-4-6-7-12(5-2)10-16-15-17-13(11-20-15)8-9-14(18)19-3/h11-12H,4-10H2,1-3H3,(H,16,17). The summed E-state index contributed by atoms with van der Waals surface area (Å²) in [4.78, 5) is 15.6. The van der Waals surface area contributed by atoms with Crippen molar-refractivity contribution in [2.45, 2.75) is 52.4 Å². The number of thiazole rings is 1. The highest BCUT2D eigenvalue weighted by Gasteiger charge is 2.08. The molecule has 1 aromatic heterocycles. The van der Waals surface area contributed by atoms with Crippen LogP contribution in [0.3, 0.4) is 0 Å². The fraction of sp³-hybridized carbons (Fsp3) is 0.733. The predicted octanol–water partition coefficient (Wildman–Crippen LogP) is 3.88. The number of carbonyl (C=O) groups is 1. The number of aryl methyl sites for hydroxylation is 1. The lowest BCUT2D eigenvalue weighted by Gasteiger charge is -2.14. The van der Waals surface area contributed by atoms with Crippen LogP contribution < -0.4 is 5.32 Å². The molecule has 1 heterocycles. The predicted molar refractivity (Wildman–Crippen MR) is 84.2 cm³/mol. The Bertz CT molecular complexity index is 393. The molecule has 0 aliphatic rings. The SMILES string of the molecule is CCCCC(CC)CNc1nc(CCC(=O)OC)cs1. The number of ether oxygens (including phenoxy) is 1. The second-order valence-corrected chi connectivity index (χ2v) is 5.88. The summed E-state index contributed by atoms with van der Waals surface area (Å²) in [5, 5.41) is 6.39. The maximum Gasteiger partial charge on any atom is 0.305 e. The quantitative estimate of drug-likeness (QED) is 0.666. The van der Waals surface area contributed by atoms with Crippen LogP contribution in [0.15, 0.2) is 5.38 Å². The van der Waals surface area contributed by atoms with Crippen LogP contribution in [-0.2, 0) is 16.0 Å². The molecule has 0 saturated heterocycles. The Labute approximate surface area is 125 Å². The van der Waals surface area contributed by atoms with Crippen molar-refractivity contribution >= 4 is 22.4 Å². The third kappa shape index (κ3) is 6.37. The van der Waals surface area contributed by atoms with Gasteiger partial charge < -0.3 is 10.1 Å². The van der Waals surface area contributed by atoms with Crippen molar-refractivity contribution < 1.29 is 9.53 Å². The largest absolute Gasteiger partial charge is 0.469 e. The van der Waals surface area contributed by atoms with Gasteiger partial charge in [-0.2, -0.15) is 0 Å². The van der Waals surface area contributed by atoms with Crippen molar-refractivity contribution in [3.8, 4) is 0 Å². The van der Waals surface area contributed by atoms with Crippen LogP contribution >= 0.6 is 11.3 Å². The normalized spacial score (nSPS) is 12.2. The Hall–Kier alpha value is -1.10. The number of unbranched alkanes of at least 4 members (excludes halogenated alkanes) is 1. The van der Waals surface area contributed by atoms with Crippen molar-refractivity contribution in [3.63, 3.8) is 0 Å². The lowest BCUT2D eigenvalue weighted by atomic mass is 10.00. The first-order valence-electron chi connectivity index (χ1n) is 7.44. The molecule has 0 amide bonds. The van der Waals surface area contributed by atoms with Gasteiger partial charge in [0.1, 0.15) is 0 Å². The molecule has 1 aromatic rings. The number of esters is 1. The van der Waals surface area contributed by atoms with Crippen LogP contribution in [0, 0.1) is 5.92 Å². The Morgan fingerprint density at radius 3 is 2.95 bits per heavy atom. The highest BCUT2D eigenvalue weighted by Crippen LogP contribution is 2.19. The molecule has 1 rings (SSSR count). The van der Waals surface area contributed by atoms with E-state index in [1.165, 1.54) is 32.8 Å². The zero-order valence-corrected chi connectivity index (χ0v) is 13.6. The van der Waals surface area contributed by atoms with Crippen LogP contribution in [0.2, 0.25) is 0 Å². The van der Waals surface area contributed by atoms with E-state index in [0.29, 0.717) is 12.8 Å². The minimum atomic E-state index is -0.182. The number of hydrogen-bond donors (Lipinski definition) is 1. The molecule has 0 aliphatic carbocycles. The second-order valence-electron chi connectivity index (χ2n) is 5.02. The van der Waals surface area contributed by atoms with Crippen molar-refractivity contribution in [2.75, 3.05) is 19.0 Å². The van der Waals surface area contributed by atoms with Gasteiger partial charge >= 0.3 is 5.97 Å². The number of rotatable bonds is 10. The summed E-state index contributed by atoms with van der Waals surface area (Å²) in [6.07, 6.45) is 6.08. The summed E-state index contributed by atoms with van der Waals surface area (Å²) >= 11 is 1.61. The summed E-state index contributed by atoms with van der Waals surface area (Å²) in [5.41, 5.74) is 0.963. The van der Waals surface area contributed by atoms with E-state index in [2.05, 4.69) is 28.9 Å². The number of nitrogens with one attached hydrogen (secondary N) is 1. The summed E-state index contributed by atoms with van der Waals surface area (Å²) in [7, 11) is 1.41. The molecular formula is C15H26N2O2S. The molecule has 0 aromatic carbocycles. The smallest absolute Gasteiger partial charge is 0.305 e. The number of hydrogen-bond acceptors (Lipinski definition) is 5. The Balaban J connectivity index is 2.33. The van der Waals surface area contributed by atoms with E-state index in [-0.39, 0.29) is 5.97 Å². The molecule has 0 saturated carbocycles. The summed E-state index contributed by atoms with van der Waals surface area (Å²) in [6.45, 7) is 5.46. The van der Waals surface area contributed by atoms with Crippen LogP contribution in [0.25, 0.3) is 0 Å². The lowest BCUT2D eigenvalue weighted by molar-refractivity contribution is -0.140. The molecule has 0 spiro atoms. The number of carbonyl (C=O) groups excluding carboxylic acids is 1. The molecule has 5 heteroatoms. The summed E-state index contributed by atoms with van der Waals surface area (Å²) in [5.74, 6) is 0.537. The van der Waals surface area contributed by atoms with Gasteiger partial charge in [0.15, 0.2) is 5.13 Å². The first kappa shape index (κ1) is 17.0. The van der Waals surface area contributed by atoms with Crippen LogP contribution in [0.4, 0.5) is 5.13 Å². The Morgan fingerprint density at radius 1 is 1.50 bits per heavy atom. The molecule has 4 nitrogen and oxygen atoms in total. The van der Waals surface area contributed by atoms with Crippen molar-refractivity contribution in [2.24, 2.45) is 5.92 Å². The zero-order valence-electron chi connectivity index (χ0n) is 12.8. The zero-order chi connectivity index (χ0) is 14.8.